The number of unbranched alkanes of at least 4 members (excludes halogenated alkanes) is 31. The first kappa shape index (κ1) is 79.7. The van der Waals surface area contributed by atoms with Crippen LogP contribution in [0.4, 0.5) is 0 Å². The van der Waals surface area contributed by atoms with Gasteiger partial charge in [-0.25, -0.2) is 4.79 Å². The third kappa shape index (κ3) is 29.2. The van der Waals surface area contributed by atoms with Gasteiger partial charge in [0.25, 0.3) is 5.79 Å². The number of aliphatic hydroxyl groups is 11. The highest BCUT2D eigenvalue weighted by atomic mass is 16.8. The van der Waals surface area contributed by atoms with Crippen LogP contribution in [0.15, 0.2) is 12.2 Å². The Labute approximate surface area is 524 Å². The SMILES string of the molecule is CCCCCCCCCCCCCC=C[C@@H](O)[C@H](CO[C@@H]1O[C@H](CO)[C@@H](O[C@@H]2O[C@H](CO)[C@H](O)[C@H](O[C@]3(C(=O)O)C[C@H](O)[C@@H](NC(C)=O)C([C@H](O)[C@H](O)CO)O3)[C@H]2O)[C@H](O)C1O)NC(=O)CCCCCCCCCCCCCCCCCCCCCCC. The lowest BCUT2D eigenvalue weighted by Gasteiger charge is -2.50. The normalized spacial score (nSPS) is 29.0. The summed E-state index contributed by atoms with van der Waals surface area (Å²) in [6.45, 7) is 2.13. The van der Waals surface area contributed by atoms with Crippen LogP contribution < -0.4 is 10.6 Å². The van der Waals surface area contributed by atoms with E-state index in [9.17, 15) is 75.7 Å². The van der Waals surface area contributed by atoms with Crippen molar-refractivity contribution in [2.75, 3.05) is 26.4 Å². The predicted octanol–water partition coefficient (Wildman–Crippen LogP) is 5.51. The minimum atomic E-state index is -3.08. The Bertz CT molecular complexity index is 1840. The molecule has 0 bridgehead atoms. The molecule has 3 aliphatic heterocycles. The molecule has 2 amide bonds. The first-order chi connectivity index (χ1) is 42.4. The molecule has 0 aromatic heterocycles. The van der Waals surface area contributed by atoms with Crippen LogP contribution in [0.3, 0.4) is 0 Å². The van der Waals surface area contributed by atoms with Crippen LogP contribution in [0.25, 0.3) is 0 Å². The summed E-state index contributed by atoms with van der Waals surface area (Å²) >= 11 is 0. The van der Waals surface area contributed by atoms with Gasteiger partial charge < -0.3 is 100 Å². The van der Waals surface area contributed by atoms with Crippen LogP contribution in [0, 0.1) is 0 Å². The van der Waals surface area contributed by atoms with Crippen molar-refractivity contribution < 1.29 is 104 Å². The maximum Gasteiger partial charge on any atom is 0.364 e. The van der Waals surface area contributed by atoms with E-state index in [1.165, 1.54) is 154 Å². The number of rotatable bonds is 51. The number of carbonyl (C=O) groups is 3. The van der Waals surface area contributed by atoms with Gasteiger partial charge in [-0.3, -0.25) is 9.59 Å². The van der Waals surface area contributed by atoms with Gasteiger partial charge in [0.15, 0.2) is 12.6 Å². The highest BCUT2D eigenvalue weighted by molar-refractivity contribution is 5.77. The molecule has 3 aliphatic rings. The number of hydrogen-bond acceptors (Lipinski definition) is 20. The fourth-order valence-corrected chi connectivity index (χ4v) is 12.0. The Morgan fingerprint density at radius 1 is 0.591 bits per heavy atom. The number of aliphatic hydroxyl groups excluding tert-OH is 11. The third-order valence-corrected chi connectivity index (χ3v) is 17.5. The van der Waals surface area contributed by atoms with Crippen LogP contribution in [-0.4, -0.2) is 215 Å². The number of aliphatic carboxylic acids is 1. The largest absolute Gasteiger partial charge is 0.477 e. The molecule has 3 rings (SSSR count). The Morgan fingerprint density at radius 3 is 1.51 bits per heavy atom. The predicted molar refractivity (Wildman–Crippen MR) is 329 cm³/mol. The molecule has 18 atom stereocenters. The summed E-state index contributed by atoms with van der Waals surface area (Å²) < 4.78 is 34.7. The second kappa shape index (κ2) is 46.5. The van der Waals surface area contributed by atoms with E-state index in [1.54, 1.807) is 6.08 Å². The fraction of sp³-hybridized carbons (Fsp3) is 0.923. The van der Waals surface area contributed by atoms with Crippen molar-refractivity contribution in [3.8, 4) is 0 Å². The molecular weight excluding hydrogens is 1140 g/mol. The van der Waals surface area contributed by atoms with E-state index in [2.05, 4.69) is 24.5 Å². The van der Waals surface area contributed by atoms with Gasteiger partial charge in [-0.2, -0.15) is 0 Å². The number of carboxylic acid groups (broad SMARTS) is 1. The van der Waals surface area contributed by atoms with Crippen molar-refractivity contribution in [2.24, 2.45) is 0 Å². The van der Waals surface area contributed by atoms with E-state index in [0.717, 1.165) is 51.9 Å². The van der Waals surface area contributed by atoms with Crippen molar-refractivity contribution in [3.63, 3.8) is 0 Å². The molecule has 516 valence electrons. The number of amides is 2. The van der Waals surface area contributed by atoms with Crippen molar-refractivity contribution in [1.29, 1.82) is 0 Å². The summed E-state index contributed by atoms with van der Waals surface area (Å²) in [5.74, 6) is -6.14. The van der Waals surface area contributed by atoms with Gasteiger partial charge >= 0.3 is 5.97 Å². The standard InChI is InChI=1S/C65H120N2O21/c1-4-6-8-10-12-14-16-18-19-20-21-22-23-24-25-27-29-31-33-35-37-39-52(75)67-46(47(72)38-36-34-32-30-28-26-17-15-13-11-9-7-5-2)44-83-62-57(79)56(78)59(51(43-70)85-62)86-63-58(80)61(55(77)50(42-69)84-63)88-65(64(81)82)40-48(73)53(66-45(3)71)60(87-65)54(76)49(74)41-68/h36,38,46-51,53-63,68-70,72-74,76-80H,4-35,37,39-44H2,1-3H3,(H,66,71)(H,67,75)(H,81,82)/t46-,47+,48-,49+,50+,51+,53+,54+,55-,56+,57?,58+,59+,60?,61-,62+,63-,65-/m0/s1. The van der Waals surface area contributed by atoms with Gasteiger partial charge in [0.05, 0.1) is 50.7 Å². The maximum absolute atomic E-state index is 13.4. The third-order valence-electron chi connectivity index (χ3n) is 17.5. The molecule has 23 nitrogen and oxygen atoms in total. The molecule has 0 aromatic rings. The summed E-state index contributed by atoms with van der Waals surface area (Å²) in [5, 5.41) is 136. The maximum atomic E-state index is 13.4. The Hall–Kier alpha value is -2.53. The second-order valence-corrected chi connectivity index (χ2v) is 25.0. The van der Waals surface area contributed by atoms with Crippen LogP contribution in [0.1, 0.15) is 245 Å². The van der Waals surface area contributed by atoms with Crippen molar-refractivity contribution in [2.45, 2.75) is 355 Å². The monoisotopic (exact) mass is 1260 g/mol. The molecule has 0 radical (unpaired) electrons. The summed E-state index contributed by atoms with van der Waals surface area (Å²) in [6.07, 6.45) is 14.1. The summed E-state index contributed by atoms with van der Waals surface area (Å²) in [4.78, 5) is 38.5. The van der Waals surface area contributed by atoms with Crippen LogP contribution >= 0.6 is 0 Å². The van der Waals surface area contributed by atoms with E-state index in [-0.39, 0.29) is 12.3 Å². The van der Waals surface area contributed by atoms with E-state index in [0.29, 0.717) is 12.8 Å². The van der Waals surface area contributed by atoms with Gasteiger partial charge in [0.1, 0.15) is 67.1 Å². The van der Waals surface area contributed by atoms with Gasteiger partial charge in [0.2, 0.25) is 11.8 Å². The van der Waals surface area contributed by atoms with E-state index in [1.807, 2.05) is 6.08 Å². The lowest BCUT2D eigenvalue weighted by molar-refractivity contribution is -0.386. The first-order valence-corrected chi connectivity index (χ1v) is 34.1. The van der Waals surface area contributed by atoms with Gasteiger partial charge in [-0.15, -0.1) is 0 Å². The zero-order chi connectivity index (χ0) is 64.7. The quantitative estimate of drug-likeness (QED) is 0.0264. The molecule has 88 heavy (non-hydrogen) atoms. The fourth-order valence-electron chi connectivity index (χ4n) is 12.0. The molecule has 14 N–H and O–H groups in total. The lowest BCUT2D eigenvalue weighted by atomic mass is 9.88. The highest BCUT2D eigenvalue weighted by Gasteiger charge is 2.60. The Kier molecular flexibility index (Phi) is 42.1. The van der Waals surface area contributed by atoms with Crippen molar-refractivity contribution in [1.82, 2.24) is 10.6 Å². The van der Waals surface area contributed by atoms with Crippen molar-refractivity contribution >= 4 is 17.8 Å². The average Bonchev–Trinajstić information content (AvgIpc) is 0.829. The number of carbonyl (C=O) groups excluding carboxylic acids is 2. The topological polar surface area (TPSA) is 373 Å². The Balaban J connectivity index is 1.59. The van der Waals surface area contributed by atoms with Crippen LogP contribution in [0.2, 0.25) is 0 Å². The zero-order valence-electron chi connectivity index (χ0n) is 53.6. The molecule has 3 saturated heterocycles. The molecule has 3 fully saturated rings. The Morgan fingerprint density at radius 2 is 1.06 bits per heavy atom. The number of ether oxygens (including phenoxy) is 6. The highest BCUT2D eigenvalue weighted by Crippen LogP contribution is 2.39. The minimum absolute atomic E-state index is 0.205. The number of allylic oxidation sites excluding steroid dienone is 1. The molecule has 2 unspecified atom stereocenters. The molecule has 0 spiro atoms. The van der Waals surface area contributed by atoms with E-state index >= 15 is 0 Å². The molecular formula is C65H120N2O21. The molecule has 3 heterocycles. The zero-order valence-corrected chi connectivity index (χ0v) is 53.6. The molecule has 0 aliphatic carbocycles. The van der Waals surface area contributed by atoms with E-state index < -0.39 is 155 Å². The van der Waals surface area contributed by atoms with Crippen molar-refractivity contribution in [3.05, 3.63) is 12.2 Å². The average molecular weight is 1270 g/mol. The first-order valence-electron chi connectivity index (χ1n) is 34.1. The molecule has 0 saturated carbocycles. The molecule has 0 aromatic carbocycles. The summed E-state index contributed by atoms with van der Waals surface area (Å²) in [6, 6.07) is -2.61. The number of carboxylic acids is 1. The van der Waals surface area contributed by atoms with Crippen LogP contribution in [-0.2, 0) is 42.8 Å². The summed E-state index contributed by atoms with van der Waals surface area (Å²) in [5.41, 5.74) is 0. The van der Waals surface area contributed by atoms with E-state index in [4.69, 9.17) is 28.4 Å². The summed E-state index contributed by atoms with van der Waals surface area (Å²) in [7, 11) is 0. The van der Waals surface area contributed by atoms with Crippen LogP contribution in [0.5, 0.6) is 0 Å². The minimum Gasteiger partial charge on any atom is -0.477 e. The van der Waals surface area contributed by atoms with Gasteiger partial charge in [-0.1, -0.05) is 219 Å². The smallest absolute Gasteiger partial charge is 0.364 e. The number of nitrogens with one attached hydrogen (secondary N) is 2. The lowest BCUT2D eigenvalue weighted by Crippen LogP contribution is -2.70. The number of hydrogen-bond donors (Lipinski definition) is 14. The van der Waals surface area contributed by atoms with Gasteiger partial charge in [-0.05, 0) is 19.3 Å². The molecule has 23 heteroatoms. The van der Waals surface area contributed by atoms with Gasteiger partial charge in [0, 0.05) is 19.8 Å². The second-order valence-electron chi connectivity index (χ2n) is 25.0.